The first-order valence-corrected chi connectivity index (χ1v) is 7.83. The van der Waals surface area contributed by atoms with Crippen molar-refractivity contribution in [1.82, 2.24) is 20.4 Å². The highest BCUT2D eigenvalue weighted by Crippen LogP contribution is 2.33. The first-order chi connectivity index (χ1) is 9.64. The Balaban J connectivity index is 1.73. The number of amides is 3. The van der Waals surface area contributed by atoms with E-state index < -0.39 is 5.54 Å². The molecule has 0 bridgehead atoms. The van der Waals surface area contributed by atoms with Gasteiger partial charge in [-0.1, -0.05) is 12.1 Å². The predicted molar refractivity (Wildman–Crippen MR) is 72.0 cm³/mol. The van der Waals surface area contributed by atoms with Crippen LogP contribution in [-0.2, 0) is 17.8 Å². The zero-order valence-corrected chi connectivity index (χ0v) is 12.0. The predicted octanol–water partition coefficient (Wildman–Crippen LogP) is 0.950. The van der Waals surface area contributed by atoms with Crippen molar-refractivity contribution < 1.29 is 14.1 Å². The summed E-state index contributed by atoms with van der Waals surface area (Å²) in [7, 11) is 0. The van der Waals surface area contributed by atoms with Gasteiger partial charge in [-0.05, 0) is 18.6 Å². The van der Waals surface area contributed by atoms with Crippen LogP contribution in [0.25, 0.3) is 0 Å². The van der Waals surface area contributed by atoms with Crippen LogP contribution >= 0.6 is 11.8 Å². The van der Waals surface area contributed by atoms with Crippen LogP contribution in [0.2, 0.25) is 0 Å². The Hall–Kier alpha value is -1.57. The molecule has 8 heteroatoms. The molecule has 108 valence electrons. The number of aromatic nitrogens is 2. The molecular weight excluding hydrogens is 280 g/mol. The molecule has 2 saturated heterocycles. The second-order valence-corrected chi connectivity index (χ2v) is 6.17. The number of urea groups is 1. The monoisotopic (exact) mass is 296 g/mol. The van der Waals surface area contributed by atoms with Gasteiger partial charge in [0.2, 0.25) is 5.89 Å². The van der Waals surface area contributed by atoms with E-state index >= 15 is 0 Å². The number of thioether (sulfide) groups is 1. The van der Waals surface area contributed by atoms with Crippen molar-refractivity contribution in [3.8, 4) is 0 Å². The van der Waals surface area contributed by atoms with Crippen LogP contribution in [0.15, 0.2) is 4.52 Å². The maximum atomic E-state index is 12.4. The maximum Gasteiger partial charge on any atom is 0.325 e. The lowest BCUT2D eigenvalue weighted by atomic mass is 9.99. The van der Waals surface area contributed by atoms with Crippen molar-refractivity contribution in [2.24, 2.45) is 0 Å². The van der Waals surface area contributed by atoms with E-state index in [0.29, 0.717) is 23.9 Å². The van der Waals surface area contributed by atoms with Gasteiger partial charge in [-0.2, -0.15) is 16.7 Å². The summed E-state index contributed by atoms with van der Waals surface area (Å²) in [6, 6.07) is -0.368. The molecule has 20 heavy (non-hydrogen) atoms. The summed E-state index contributed by atoms with van der Waals surface area (Å²) in [5, 5.41) is 6.64. The number of imide groups is 1. The zero-order chi connectivity index (χ0) is 14.2. The Morgan fingerprint density at radius 2 is 2.35 bits per heavy atom. The molecule has 2 aliphatic heterocycles. The summed E-state index contributed by atoms with van der Waals surface area (Å²) in [5.74, 6) is 2.27. The molecule has 1 unspecified atom stereocenters. The van der Waals surface area contributed by atoms with Gasteiger partial charge in [0.15, 0.2) is 5.82 Å². The van der Waals surface area contributed by atoms with Crippen molar-refractivity contribution in [3.63, 3.8) is 0 Å². The van der Waals surface area contributed by atoms with Crippen LogP contribution < -0.4 is 5.32 Å². The Bertz CT molecular complexity index is 539. The van der Waals surface area contributed by atoms with Gasteiger partial charge in [-0.3, -0.25) is 9.69 Å². The molecule has 1 spiro atoms. The average molecular weight is 296 g/mol. The van der Waals surface area contributed by atoms with Gasteiger partial charge < -0.3 is 9.84 Å². The van der Waals surface area contributed by atoms with E-state index in [1.54, 1.807) is 11.8 Å². The number of hydrogen-bond acceptors (Lipinski definition) is 6. The lowest BCUT2D eigenvalue weighted by Crippen LogP contribution is -2.46. The minimum absolute atomic E-state index is 0.0494. The summed E-state index contributed by atoms with van der Waals surface area (Å²) in [5.41, 5.74) is -0.714. The molecule has 2 fully saturated rings. The largest absolute Gasteiger partial charge is 0.337 e. The summed E-state index contributed by atoms with van der Waals surface area (Å²) in [6.45, 7) is 2.07. The summed E-state index contributed by atoms with van der Waals surface area (Å²) in [6.07, 6.45) is 2.33. The topological polar surface area (TPSA) is 88.3 Å². The molecule has 1 atom stereocenters. The van der Waals surface area contributed by atoms with Gasteiger partial charge in [0.1, 0.15) is 12.1 Å². The third-order valence-corrected chi connectivity index (χ3v) is 4.73. The van der Waals surface area contributed by atoms with Crippen LogP contribution in [-0.4, -0.2) is 44.0 Å². The van der Waals surface area contributed by atoms with E-state index in [4.69, 9.17) is 4.52 Å². The van der Waals surface area contributed by atoms with E-state index in [9.17, 15) is 9.59 Å². The number of hydrogen-bond donors (Lipinski definition) is 1. The molecule has 1 aromatic heterocycles. The number of aryl methyl sites for hydroxylation is 1. The summed E-state index contributed by atoms with van der Waals surface area (Å²) >= 11 is 1.68. The minimum atomic E-state index is -0.714. The number of carbonyl (C=O) groups excluding carboxylic acids is 2. The Kier molecular flexibility index (Phi) is 3.41. The fraction of sp³-hybridized carbons (Fsp3) is 0.667. The molecule has 0 radical (unpaired) electrons. The molecule has 0 saturated carbocycles. The van der Waals surface area contributed by atoms with Crippen molar-refractivity contribution in [1.29, 1.82) is 0 Å². The van der Waals surface area contributed by atoms with Gasteiger partial charge in [0, 0.05) is 12.2 Å². The molecular formula is C12H16N4O3S. The average Bonchev–Trinajstić information content (AvgIpc) is 3.10. The number of rotatable bonds is 4. The second-order valence-electron chi connectivity index (χ2n) is 5.06. The van der Waals surface area contributed by atoms with Crippen LogP contribution in [0, 0.1) is 0 Å². The van der Waals surface area contributed by atoms with Crippen LogP contribution in [0.5, 0.6) is 0 Å². The molecule has 3 heterocycles. The molecule has 3 rings (SSSR count). The van der Waals surface area contributed by atoms with E-state index in [0.717, 1.165) is 18.6 Å². The van der Waals surface area contributed by atoms with Gasteiger partial charge >= 0.3 is 6.03 Å². The van der Waals surface area contributed by atoms with E-state index in [1.807, 2.05) is 6.92 Å². The zero-order valence-electron chi connectivity index (χ0n) is 11.2. The lowest BCUT2D eigenvalue weighted by Gasteiger charge is -2.18. The quantitative estimate of drug-likeness (QED) is 0.832. The van der Waals surface area contributed by atoms with E-state index in [-0.39, 0.29) is 18.5 Å². The Morgan fingerprint density at radius 3 is 3.05 bits per heavy atom. The summed E-state index contributed by atoms with van der Waals surface area (Å²) in [4.78, 5) is 29.8. The Labute approximate surface area is 120 Å². The first kappa shape index (κ1) is 13.4. The van der Waals surface area contributed by atoms with Gasteiger partial charge in [0.05, 0.1) is 0 Å². The van der Waals surface area contributed by atoms with Crippen LogP contribution in [0.3, 0.4) is 0 Å². The fourth-order valence-electron chi connectivity index (χ4n) is 2.47. The van der Waals surface area contributed by atoms with Crippen LogP contribution in [0.4, 0.5) is 4.79 Å². The van der Waals surface area contributed by atoms with Crippen molar-refractivity contribution in [2.45, 2.75) is 38.3 Å². The van der Waals surface area contributed by atoms with Crippen LogP contribution in [0.1, 0.15) is 31.5 Å². The van der Waals surface area contributed by atoms with Crippen molar-refractivity contribution >= 4 is 23.7 Å². The highest BCUT2D eigenvalue weighted by Gasteiger charge is 2.53. The van der Waals surface area contributed by atoms with Crippen molar-refractivity contribution in [3.05, 3.63) is 11.7 Å². The number of carbonyl (C=O) groups is 2. The van der Waals surface area contributed by atoms with Gasteiger partial charge in [0.25, 0.3) is 5.91 Å². The SMILES string of the molecule is CCCc1noc(CN2C(=O)NC3(CCSC3)C2=O)n1. The minimum Gasteiger partial charge on any atom is -0.337 e. The summed E-state index contributed by atoms with van der Waals surface area (Å²) < 4.78 is 5.09. The third kappa shape index (κ3) is 2.17. The normalized spacial score (nSPS) is 25.8. The van der Waals surface area contributed by atoms with Gasteiger partial charge in [-0.25, -0.2) is 4.79 Å². The molecule has 0 aromatic carbocycles. The molecule has 2 aliphatic rings. The highest BCUT2D eigenvalue weighted by molar-refractivity contribution is 7.99. The lowest BCUT2D eigenvalue weighted by molar-refractivity contribution is -0.131. The second kappa shape index (κ2) is 5.08. The molecule has 0 aliphatic carbocycles. The smallest absolute Gasteiger partial charge is 0.325 e. The fourth-order valence-corrected chi connectivity index (χ4v) is 3.79. The molecule has 7 nitrogen and oxygen atoms in total. The van der Waals surface area contributed by atoms with E-state index in [2.05, 4.69) is 15.5 Å². The Morgan fingerprint density at radius 1 is 1.50 bits per heavy atom. The van der Waals surface area contributed by atoms with Crippen molar-refractivity contribution in [2.75, 3.05) is 11.5 Å². The first-order valence-electron chi connectivity index (χ1n) is 6.68. The molecule has 1 N–H and O–H groups in total. The number of nitrogens with zero attached hydrogens (tertiary/aromatic N) is 3. The third-order valence-electron chi connectivity index (χ3n) is 3.54. The highest BCUT2D eigenvalue weighted by atomic mass is 32.2. The van der Waals surface area contributed by atoms with Gasteiger partial charge in [-0.15, -0.1) is 0 Å². The number of nitrogens with one attached hydrogen (secondary N) is 1. The maximum absolute atomic E-state index is 12.4. The standard InChI is InChI=1S/C12H16N4O3S/c1-2-3-8-13-9(19-15-8)6-16-10(17)12(14-11(16)18)4-5-20-7-12/h2-7H2,1H3,(H,14,18). The van der Waals surface area contributed by atoms with E-state index in [1.165, 1.54) is 4.90 Å². The molecule has 3 amide bonds. The molecule has 1 aromatic rings.